The number of amides is 1. The molecule has 2 N–H and O–H groups in total. The topological polar surface area (TPSA) is 80.0 Å². The molecule has 0 fully saturated rings. The lowest BCUT2D eigenvalue weighted by molar-refractivity contribution is 0.102. The molecule has 0 unspecified atom stereocenters. The van der Waals surface area contributed by atoms with Gasteiger partial charge >= 0.3 is 0 Å². The molecular formula is C13H15ClN4O2. The van der Waals surface area contributed by atoms with E-state index in [1.807, 2.05) is 13.8 Å². The Morgan fingerprint density at radius 3 is 2.75 bits per heavy atom. The summed E-state index contributed by atoms with van der Waals surface area (Å²) in [6.07, 6.45) is 0. The molecular weight excluding hydrogens is 280 g/mol. The van der Waals surface area contributed by atoms with Gasteiger partial charge in [0.05, 0.1) is 5.69 Å². The maximum absolute atomic E-state index is 12.2. The maximum Gasteiger partial charge on any atom is 0.258 e. The molecule has 0 aliphatic carbocycles. The van der Waals surface area contributed by atoms with Crippen LogP contribution >= 0.6 is 11.6 Å². The van der Waals surface area contributed by atoms with Gasteiger partial charge in [-0.25, -0.2) is 4.98 Å². The van der Waals surface area contributed by atoms with Gasteiger partial charge in [-0.2, -0.15) is 0 Å². The van der Waals surface area contributed by atoms with Crippen molar-refractivity contribution in [1.29, 1.82) is 0 Å². The highest BCUT2D eigenvalue weighted by Gasteiger charge is 2.14. The highest BCUT2D eigenvalue weighted by atomic mass is 35.5. The number of nitrogens with zero attached hydrogens (tertiary/aromatic N) is 2. The van der Waals surface area contributed by atoms with Crippen LogP contribution in [-0.2, 0) is 0 Å². The number of hydrogen-bond donors (Lipinski definition) is 2. The van der Waals surface area contributed by atoms with E-state index in [4.69, 9.17) is 16.1 Å². The average molecular weight is 295 g/mol. The van der Waals surface area contributed by atoms with Crippen LogP contribution in [0.25, 0.3) is 0 Å². The SMILES string of the molecule is CCNc1cc(C(=O)Nc2onc(C)c2C)cc(Cl)n1. The van der Waals surface area contributed by atoms with Crippen LogP contribution in [0.4, 0.5) is 11.7 Å². The van der Waals surface area contributed by atoms with Gasteiger partial charge in [-0.1, -0.05) is 16.8 Å². The third-order valence-corrected chi connectivity index (χ3v) is 2.99. The van der Waals surface area contributed by atoms with Crippen LogP contribution in [0.5, 0.6) is 0 Å². The van der Waals surface area contributed by atoms with E-state index in [-0.39, 0.29) is 11.1 Å². The number of anilines is 2. The van der Waals surface area contributed by atoms with Crippen LogP contribution in [0.2, 0.25) is 5.15 Å². The summed E-state index contributed by atoms with van der Waals surface area (Å²) in [5, 5.41) is 9.71. The molecule has 0 saturated carbocycles. The van der Waals surface area contributed by atoms with Crippen LogP contribution in [0.1, 0.15) is 28.5 Å². The molecule has 0 radical (unpaired) electrons. The van der Waals surface area contributed by atoms with Crippen molar-refractivity contribution in [3.63, 3.8) is 0 Å². The van der Waals surface area contributed by atoms with Gasteiger partial charge in [0.1, 0.15) is 11.0 Å². The molecule has 20 heavy (non-hydrogen) atoms. The largest absolute Gasteiger partial charge is 0.370 e. The Balaban J connectivity index is 2.22. The number of aryl methyl sites for hydroxylation is 1. The Bertz CT molecular complexity index is 639. The fraction of sp³-hybridized carbons (Fsp3) is 0.308. The first kappa shape index (κ1) is 14.3. The molecule has 2 aromatic rings. The second-order valence-electron chi connectivity index (χ2n) is 4.27. The summed E-state index contributed by atoms with van der Waals surface area (Å²) in [4.78, 5) is 16.2. The van der Waals surface area contributed by atoms with Gasteiger partial charge in [-0.3, -0.25) is 10.1 Å². The minimum absolute atomic E-state index is 0.249. The van der Waals surface area contributed by atoms with E-state index in [1.165, 1.54) is 6.07 Å². The second-order valence-corrected chi connectivity index (χ2v) is 4.66. The molecule has 106 valence electrons. The van der Waals surface area contributed by atoms with Crippen molar-refractivity contribution in [2.45, 2.75) is 20.8 Å². The second kappa shape index (κ2) is 5.92. The number of carbonyl (C=O) groups is 1. The van der Waals surface area contributed by atoms with Crippen LogP contribution in [-0.4, -0.2) is 22.6 Å². The zero-order valence-corrected chi connectivity index (χ0v) is 12.2. The van der Waals surface area contributed by atoms with Crippen molar-refractivity contribution in [2.24, 2.45) is 0 Å². The Kier molecular flexibility index (Phi) is 4.24. The van der Waals surface area contributed by atoms with E-state index in [0.717, 1.165) is 11.3 Å². The minimum Gasteiger partial charge on any atom is -0.370 e. The van der Waals surface area contributed by atoms with Crippen molar-refractivity contribution in [3.8, 4) is 0 Å². The molecule has 0 bridgehead atoms. The smallest absolute Gasteiger partial charge is 0.258 e. The lowest BCUT2D eigenvalue weighted by Crippen LogP contribution is -2.13. The standard InChI is InChI=1S/C13H15ClN4O2/c1-4-15-11-6-9(5-10(14)16-11)12(19)17-13-7(2)8(3)18-20-13/h5-6H,4H2,1-3H3,(H,15,16)(H,17,19). The summed E-state index contributed by atoms with van der Waals surface area (Å²) in [6.45, 7) is 6.25. The minimum atomic E-state index is -0.326. The van der Waals surface area contributed by atoms with Crippen LogP contribution in [0.15, 0.2) is 16.7 Å². The summed E-state index contributed by atoms with van der Waals surface area (Å²) >= 11 is 5.90. The third kappa shape index (κ3) is 3.08. The number of aromatic nitrogens is 2. The summed E-state index contributed by atoms with van der Waals surface area (Å²) < 4.78 is 5.05. The first-order valence-electron chi connectivity index (χ1n) is 6.17. The molecule has 2 rings (SSSR count). The number of rotatable bonds is 4. The molecule has 1 amide bonds. The number of carbonyl (C=O) groups excluding carboxylic acids is 1. The number of pyridine rings is 1. The molecule has 0 spiro atoms. The van der Waals surface area contributed by atoms with Crippen molar-refractivity contribution in [2.75, 3.05) is 17.2 Å². The van der Waals surface area contributed by atoms with E-state index >= 15 is 0 Å². The Morgan fingerprint density at radius 1 is 1.40 bits per heavy atom. The van der Waals surface area contributed by atoms with Gasteiger partial charge in [0.15, 0.2) is 0 Å². The predicted molar refractivity (Wildman–Crippen MR) is 77.3 cm³/mol. The molecule has 6 nitrogen and oxygen atoms in total. The first-order chi connectivity index (χ1) is 9.51. The lowest BCUT2D eigenvalue weighted by atomic mass is 10.2. The molecule has 0 aromatic carbocycles. The van der Waals surface area contributed by atoms with E-state index in [2.05, 4.69) is 20.8 Å². The van der Waals surface area contributed by atoms with Gasteiger partial charge in [0.25, 0.3) is 5.91 Å². The molecule has 7 heteroatoms. The zero-order chi connectivity index (χ0) is 14.7. The fourth-order valence-electron chi connectivity index (χ4n) is 1.61. The fourth-order valence-corrected chi connectivity index (χ4v) is 1.82. The van der Waals surface area contributed by atoms with Crippen molar-refractivity contribution >= 4 is 29.2 Å². The Labute approximate surface area is 121 Å². The van der Waals surface area contributed by atoms with Gasteiger partial charge in [0.2, 0.25) is 5.88 Å². The highest BCUT2D eigenvalue weighted by molar-refractivity contribution is 6.30. The van der Waals surface area contributed by atoms with Gasteiger partial charge in [-0.15, -0.1) is 0 Å². The molecule has 0 atom stereocenters. The Hall–Kier alpha value is -2.08. The van der Waals surface area contributed by atoms with Crippen LogP contribution in [0.3, 0.4) is 0 Å². The van der Waals surface area contributed by atoms with Crippen molar-refractivity contribution in [3.05, 3.63) is 34.1 Å². The number of hydrogen-bond acceptors (Lipinski definition) is 5. The normalized spacial score (nSPS) is 10.4. The highest BCUT2D eigenvalue weighted by Crippen LogP contribution is 2.20. The number of nitrogens with one attached hydrogen (secondary N) is 2. The van der Waals surface area contributed by atoms with E-state index < -0.39 is 0 Å². The molecule has 2 heterocycles. The number of halogens is 1. The van der Waals surface area contributed by atoms with E-state index in [9.17, 15) is 4.79 Å². The quantitative estimate of drug-likeness (QED) is 0.847. The van der Waals surface area contributed by atoms with Crippen molar-refractivity contribution in [1.82, 2.24) is 10.1 Å². The summed E-state index contributed by atoms with van der Waals surface area (Å²) in [5.74, 6) is 0.564. The lowest BCUT2D eigenvalue weighted by Gasteiger charge is -2.07. The molecule has 2 aromatic heterocycles. The van der Waals surface area contributed by atoms with Gasteiger partial charge in [0, 0.05) is 17.7 Å². The zero-order valence-electron chi connectivity index (χ0n) is 11.5. The summed E-state index contributed by atoms with van der Waals surface area (Å²) in [6, 6.07) is 3.12. The molecule has 0 saturated heterocycles. The van der Waals surface area contributed by atoms with Gasteiger partial charge in [-0.05, 0) is 32.9 Å². The third-order valence-electron chi connectivity index (χ3n) is 2.80. The summed E-state index contributed by atoms with van der Waals surface area (Å²) in [5.41, 5.74) is 1.93. The molecule has 0 aliphatic rings. The monoisotopic (exact) mass is 294 g/mol. The van der Waals surface area contributed by atoms with Crippen LogP contribution in [0, 0.1) is 13.8 Å². The van der Waals surface area contributed by atoms with E-state index in [0.29, 0.717) is 23.8 Å². The average Bonchev–Trinajstić information content (AvgIpc) is 2.70. The van der Waals surface area contributed by atoms with E-state index in [1.54, 1.807) is 13.0 Å². The van der Waals surface area contributed by atoms with Crippen LogP contribution < -0.4 is 10.6 Å². The summed E-state index contributed by atoms with van der Waals surface area (Å²) in [7, 11) is 0. The maximum atomic E-state index is 12.2. The Morgan fingerprint density at radius 2 is 2.15 bits per heavy atom. The van der Waals surface area contributed by atoms with Crippen molar-refractivity contribution < 1.29 is 9.32 Å². The first-order valence-corrected chi connectivity index (χ1v) is 6.54. The predicted octanol–water partition coefficient (Wildman–Crippen LogP) is 3.02. The van der Waals surface area contributed by atoms with Gasteiger partial charge < -0.3 is 9.84 Å². The molecule has 0 aliphatic heterocycles.